The molecule has 1 aliphatic rings. The number of hydrogen-bond acceptors (Lipinski definition) is 5. The highest BCUT2D eigenvalue weighted by atomic mass is 19.4. The first kappa shape index (κ1) is 21.8. The van der Waals surface area contributed by atoms with E-state index in [2.05, 4.69) is 25.7 Å². The summed E-state index contributed by atoms with van der Waals surface area (Å²) in [6, 6.07) is 13.9. The highest BCUT2D eigenvalue weighted by molar-refractivity contribution is 5.89. The van der Waals surface area contributed by atoms with Crippen molar-refractivity contribution in [3.05, 3.63) is 66.1 Å². The van der Waals surface area contributed by atoms with Gasteiger partial charge in [-0.25, -0.2) is 4.79 Å². The number of benzene rings is 2. The van der Waals surface area contributed by atoms with E-state index in [1.807, 2.05) is 30.3 Å². The maximum Gasteiger partial charge on any atom is 0.416 e. The van der Waals surface area contributed by atoms with E-state index < -0.39 is 11.7 Å². The number of carbonyl (C=O) groups excluding carboxylic acids is 1. The molecule has 1 aliphatic heterocycles. The molecular weight excluding hydrogens is 423 g/mol. The Bertz CT molecular complexity index is 1050. The van der Waals surface area contributed by atoms with Crippen LogP contribution in [0.25, 0.3) is 11.4 Å². The lowest BCUT2D eigenvalue weighted by atomic mass is 10.1. The molecule has 0 saturated carbocycles. The predicted octanol–water partition coefficient (Wildman–Crippen LogP) is 4.54. The van der Waals surface area contributed by atoms with Gasteiger partial charge in [0.2, 0.25) is 11.7 Å². The van der Waals surface area contributed by atoms with E-state index >= 15 is 0 Å². The smallest absolute Gasteiger partial charge is 0.338 e. The Hall–Kier alpha value is -3.40. The van der Waals surface area contributed by atoms with E-state index in [-0.39, 0.29) is 23.5 Å². The lowest BCUT2D eigenvalue weighted by Crippen LogP contribution is -2.45. The molecule has 0 unspecified atom stereocenters. The zero-order valence-electron chi connectivity index (χ0n) is 17.1. The van der Waals surface area contributed by atoms with Crippen molar-refractivity contribution in [3.63, 3.8) is 0 Å². The minimum absolute atomic E-state index is 0.0540. The number of rotatable bonds is 5. The average Bonchev–Trinajstić information content (AvgIpc) is 3.24. The van der Waals surface area contributed by atoms with Gasteiger partial charge in [-0.15, -0.1) is 0 Å². The first-order valence-corrected chi connectivity index (χ1v) is 10.2. The van der Waals surface area contributed by atoms with Crippen molar-refractivity contribution in [2.24, 2.45) is 0 Å². The summed E-state index contributed by atoms with van der Waals surface area (Å²) in [5.74, 6) is 0.464. The highest BCUT2D eigenvalue weighted by Crippen LogP contribution is 2.31. The van der Waals surface area contributed by atoms with Crippen molar-refractivity contribution in [2.75, 3.05) is 18.4 Å². The van der Waals surface area contributed by atoms with Gasteiger partial charge in [0.15, 0.2) is 0 Å². The maximum absolute atomic E-state index is 12.9. The summed E-state index contributed by atoms with van der Waals surface area (Å²) in [4.78, 5) is 18.5. The van der Waals surface area contributed by atoms with Crippen LogP contribution in [0.2, 0.25) is 0 Å². The van der Waals surface area contributed by atoms with Gasteiger partial charge in [-0.2, -0.15) is 18.2 Å². The van der Waals surface area contributed by atoms with Gasteiger partial charge in [0, 0.05) is 30.4 Å². The molecule has 3 aromatic rings. The molecule has 0 radical (unpaired) electrons. The normalized spacial score (nSPS) is 15.5. The standard InChI is InChI=1S/C22H22F3N5O2/c23-22(24,25)16-6-4-5-15(13-16)20-28-19(32-29-20)14-30-11-9-18(10-12-30)27-21(31)26-17-7-2-1-3-8-17/h1-8,13,18H,9-12,14H2,(H2,26,27,31). The van der Waals surface area contributed by atoms with Crippen LogP contribution in [0.5, 0.6) is 0 Å². The van der Waals surface area contributed by atoms with E-state index in [1.165, 1.54) is 12.1 Å². The lowest BCUT2D eigenvalue weighted by Gasteiger charge is -2.31. The van der Waals surface area contributed by atoms with Gasteiger partial charge >= 0.3 is 12.2 Å². The Balaban J connectivity index is 1.27. The Morgan fingerprint density at radius 2 is 1.84 bits per heavy atom. The number of piperidine rings is 1. The molecule has 2 amide bonds. The van der Waals surface area contributed by atoms with Gasteiger partial charge in [0.25, 0.3) is 0 Å². The fourth-order valence-corrected chi connectivity index (χ4v) is 3.57. The van der Waals surface area contributed by atoms with Crippen molar-refractivity contribution in [1.29, 1.82) is 0 Å². The number of likely N-dealkylation sites (tertiary alicyclic amines) is 1. The summed E-state index contributed by atoms with van der Waals surface area (Å²) in [6.45, 7) is 1.84. The van der Waals surface area contributed by atoms with Crippen LogP contribution in [0.1, 0.15) is 24.3 Å². The van der Waals surface area contributed by atoms with Crippen LogP contribution in [-0.2, 0) is 12.7 Å². The molecule has 168 valence electrons. The number of halogens is 3. The number of amides is 2. The fraction of sp³-hybridized carbons (Fsp3) is 0.318. The summed E-state index contributed by atoms with van der Waals surface area (Å²) in [5, 5.41) is 9.60. The van der Waals surface area contributed by atoms with Crippen LogP contribution in [0.4, 0.5) is 23.7 Å². The summed E-state index contributed by atoms with van der Waals surface area (Å²) >= 11 is 0. The van der Waals surface area contributed by atoms with Gasteiger partial charge in [0.05, 0.1) is 12.1 Å². The van der Waals surface area contributed by atoms with Gasteiger partial charge in [-0.3, -0.25) is 4.90 Å². The van der Waals surface area contributed by atoms with Crippen molar-refractivity contribution < 1.29 is 22.5 Å². The van der Waals surface area contributed by atoms with Crippen molar-refractivity contribution in [2.45, 2.75) is 31.6 Å². The Morgan fingerprint density at radius 3 is 2.56 bits per heavy atom. The second kappa shape index (κ2) is 9.39. The quantitative estimate of drug-likeness (QED) is 0.603. The van der Waals surface area contributed by atoms with Gasteiger partial charge in [0.1, 0.15) is 0 Å². The molecule has 2 aromatic carbocycles. The Labute approximate surface area is 182 Å². The largest absolute Gasteiger partial charge is 0.416 e. The van der Waals surface area contributed by atoms with Crippen molar-refractivity contribution in [1.82, 2.24) is 20.4 Å². The highest BCUT2D eigenvalue weighted by Gasteiger charge is 2.31. The monoisotopic (exact) mass is 445 g/mol. The van der Waals surface area contributed by atoms with Crippen LogP contribution < -0.4 is 10.6 Å². The number of anilines is 1. The van der Waals surface area contributed by atoms with E-state index in [1.54, 1.807) is 0 Å². The Kier molecular flexibility index (Phi) is 6.40. The average molecular weight is 445 g/mol. The molecule has 4 rings (SSSR count). The van der Waals surface area contributed by atoms with Gasteiger partial charge < -0.3 is 15.2 Å². The Morgan fingerprint density at radius 1 is 1.09 bits per heavy atom. The van der Waals surface area contributed by atoms with Crippen LogP contribution in [0, 0.1) is 0 Å². The van der Waals surface area contributed by atoms with Crippen LogP contribution >= 0.6 is 0 Å². The molecule has 1 aromatic heterocycles. The second-order valence-electron chi connectivity index (χ2n) is 7.61. The number of para-hydroxylation sites is 1. The third-order valence-electron chi connectivity index (χ3n) is 5.23. The van der Waals surface area contributed by atoms with E-state index in [0.29, 0.717) is 12.4 Å². The molecule has 10 heteroatoms. The molecule has 2 heterocycles. The molecule has 0 spiro atoms. The lowest BCUT2D eigenvalue weighted by molar-refractivity contribution is -0.137. The number of carbonyl (C=O) groups is 1. The second-order valence-corrected chi connectivity index (χ2v) is 7.61. The molecule has 1 saturated heterocycles. The summed E-state index contributed by atoms with van der Waals surface area (Å²) < 4.78 is 44.0. The SMILES string of the molecule is O=C(Nc1ccccc1)NC1CCN(Cc2nc(-c3cccc(C(F)(F)F)c3)no2)CC1. The summed E-state index contributed by atoms with van der Waals surface area (Å²) in [6.07, 6.45) is -2.91. The molecule has 0 atom stereocenters. The topological polar surface area (TPSA) is 83.3 Å². The van der Waals surface area contributed by atoms with Crippen LogP contribution in [-0.4, -0.2) is 40.2 Å². The van der Waals surface area contributed by atoms with E-state index in [4.69, 9.17) is 4.52 Å². The van der Waals surface area contributed by atoms with E-state index in [0.717, 1.165) is 43.8 Å². The molecule has 1 fully saturated rings. The van der Waals surface area contributed by atoms with Gasteiger partial charge in [-0.1, -0.05) is 35.5 Å². The minimum Gasteiger partial charge on any atom is -0.338 e. The third kappa shape index (κ3) is 5.64. The van der Waals surface area contributed by atoms with Crippen LogP contribution in [0.15, 0.2) is 59.1 Å². The maximum atomic E-state index is 12.9. The minimum atomic E-state index is -4.43. The number of alkyl halides is 3. The third-order valence-corrected chi connectivity index (χ3v) is 5.23. The fourth-order valence-electron chi connectivity index (χ4n) is 3.57. The number of nitrogens with zero attached hydrogens (tertiary/aromatic N) is 3. The summed E-state index contributed by atoms with van der Waals surface area (Å²) in [5.41, 5.74) is 0.227. The molecule has 0 bridgehead atoms. The van der Waals surface area contributed by atoms with Crippen LogP contribution in [0.3, 0.4) is 0 Å². The predicted molar refractivity (Wildman–Crippen MR) is 112 cm³/mol. The first-order valence-electron chi connectivity index (χ1n) is 10.2. The molecule has 32 heavy (non-hydrogen) atoms. The zero-order chi connectivity index (χ0) is 22.6. The molecule has 0 aliphatic carbocycles. The molecule has 7 nitrogen and oxygen atoms in total. The zero-order valence-corrected chi connectivity index (χ0v) is 17.1. The first-order chi connectivity index (χ1) is 15.4. The molecule has 2 N–H and O–H groups in total. The molecular formula is C22H22F3N5O2. The summed E-state index contributed by atoms with van der Waals surface area (Å²) in [7, 11) is 0. The van der Waals surface area contributed by atoms with Crippen molar-refractivity contribution in [3.8, 4) is 11.4 Å². The van der Waals surface area contributed by atoms with Gasteiger partial charge in [-0.05, 0) is 37.1 Å². The number of urea groups is 1. The van der Waals surface area contributed by atoms with Crippen molar-refractivity contribution >= 4 is 11.7 Å². The number of nitrogens with one attached hydrogen (secondary N) is 2. The number of aromatic nitrogens is 2. The van der Waals surface area contributed by atoms with E-state index in [9.17, 15) is 18.0 Å². The number of hydrogen-bond donors (Lipinski definition) is 2.